The second-order valence-electron chi connectivity index (χ2n) is 8.13. The van der Waals surface area contributed by atoms with Gasteiger partial charge < -0.3 is 9.80 Å². The zero-order valence-electron chi connectivity index (χ0n) is 18.0. The summed E-state index contributed by atoms with van der Waals surface area (Å²) in [6, 6.07) is 0.203. The van der Waals surface area contributed by atoms with Crippen LogP contribution in [0.1, 0.15) is 39.5 Å². The Balaban J connectivity index is 1.80. The molecule has 3 rings (SSSR count). The highest BCUT2D eigenvalue weighted by Gasteiger charge is 2.28. The van der Waals surface area contributed by atoms with Crippen molar-refractivity contribution < 1.29 is 4.39 Å². The predicted molar refractivity (Wildman–Crippen MR) is 132 cm³/mol. The van der Waals surface area contributed by atoms with Gasteiger partial charge >= 0.3 is 0 Å². The van der Waals surface area contributed by atoms with Crippen LogP contribution in [0, 0.1) is 0 Å². The molecule has 2 atom stereocenters. The highest BCUT2D eigenvalue weighted by atomic mass is 127. The van der Waals surface area contributed by atoms with E-state index in [1.807, 2.05) is 54.8 Å². The predicted octanol–water partition coefficient (Wildman–Crippen LogP) is 5.71. The normalized spacial score (nSPS) is 28.6. The molecule has 0 bridgehead atoms. The van der Waals surface area contributed by atoms with Gasteiger partial charge in [-0.15, -0.1) is 5.73 Å². The van der Waals surface area contributed by atoms with Crippen molar-refractivity contribution in [1.82, 2.24) is 15.2 Å². The van der Waals surface area contributed by atoms with Gasteiger partial charge in [-0.05, 0) is 65.7 Å². The van der Waals surface area contributed by atoms with E-state index < -0.39 is 3.68 Å². The summed E-state index contributed by atoms with van der Waals surface area (Å²) in [6.45, 7) is 12.9. The van der Waals surface area contributed by atoms with Gasteiger partial charge in [-0.1, -0.05) is 31.4 Å². The van der Waals surface area contributed by atoms with Crippen molar-refractivity contribution >= 4 is 28.4 Å². The van der Waals surface area contributed by atoms with Gasteiger partial charge in [0.1, 0.15) is 12.5 Å². The first kappa shape index (κ1) is 22.6. The van der Waals surface area contributed by atoms with Crippen LogP contribution in [0.25, 0.3) is 0 Å². The van der Waals surface area contributed by atoms with Crippen molar-refractivity contribution in [2.75, 3.05) is 13.7 Å². The molecule has 0 aromatic rings. The lowest BCUT2D eigenvalue weighted by Gasteiger charge is -2.34. The molecule has 0 radical (unpaired) electrons. The fourth-order valence-electron chi connectivity index (χ4n) is 3.87. The van der Waals surface area contributed by atoms with Gasteiger partial charge in [-0.25, -0.2) is 4.39 Å². The molecule has 0 fully saturated rings. The second kappa shape index (κ2) is 9.40. The van der Waals surface area contributed by atoms with Gasteiger partial charge in [0.05, 0.1) is 0 Å². The highest BCUT2D eigenvalue weighted by Crippen LogP contribution is 2.36. The lowest BCUT2D eigenvalue weighted by Crippen LogP contribution is -2.32. The summed E-state index contributed by atoms with van der Waals surface area (Å²) < 4.78 is 13.3. The molecule has 3 aliphatic rings. The van der Waals surface area contributed by atoms with Gasteiger partial charge in [0, 0.05) is 49.8 Å². The number of hydrogen-bond acceptors (Lipinski definition) is 4. The number of hydrogen-bond donors (Lipinski definition) is 1. The molecule has 0 spiro atoms. The van der Waals surface area contributed by atoms with E-state index in [2.05, 4.69) is 51.5 Å². The molecule has 0 aromatic heterocycles. The van der Waals surface area contributed by atoms with Crippen LogP contribution in [0.3, 0.4) is 0 Å². The zero-order chi connectivity index (χ0) is 21.9. The fourth-order valence-corrected chi connectivity index (χ4v) is 4.47. The van der Waals surface area contributed by atoms with Crippen molar-refractivity contribution in [2.45, 2.75) is 49.2 Å². The Labute approximate surface area is 193 Å². The molecule has 4 nitrogen and oxygen atoms in total. The summed E-state index contributed by atoms with van der Waals surface area (Å²) in [6.07, 6.45) is 13.1. The Hall–Kier alpha value is -2.05. The van der Waals surface area contributed by atoms with E-state index in [0.717, 1.165) is 54.2 Å². The topological polar surface area (TPSA) is 30.9 Å². The SMILES string of the molecule is C=C(CC1=NNCN1C)C1=C=CCC(N2/C=C(C)/C(C(C)(F)I)=C\C=C/CC2=C)C1. The molecule has 2 aliphatic heterocycles. The maximum atomic E-state index is 14.8. The third kappa shape index (κ3) is 5.35. The van der Waals surface area contributed by atoms with E-state index >= 15 is 0 Å². The van der Waals surface area contributed by atoms with Gasteiger partial charge in [-0.2, -0.15) is 5.10 Å². The minimum atomic E-state index is -1.44. The molecule has 1 N–H and O–H groups in total. The van der Waals surface area contributed by atoms with Gasteiger partial charge in [0.25, 0.3) is 0 Å². The van der Waals surface area contributed by atoms with Crippen LogP contribution < -0.4 is 5.43 Å². The van der Waals surface area contributed by atoms with E-state index in [9.17, 15) is 4.39 Å². The molecular weight excluding hydrogens is 490 g/mol. The lowest BCUT2D eigenvalue weighted by atomic mass is 9.91. The summed E-state index contributed by atoms with van der Waals surface area (Å²) in [5.41, 5.74) is 11.2. The van der Waals surface area contributed by atoms with Crippen molar-refractivity contribution in [3.05, 3.63) is 77.4 Å². The molecule has 0 saturated heterocycles. The number of allylic oxidation sites excluding steroid dienone is 5. The molecule has 1 aliphatic carbocycles. The van der Waals surface area contributed by atoms with E-state index in [1.54, 1.807) is 6.92 Å². The van der Waals surface area contributed by atoms with Crippen LogP contribution >= 0.6 is 22.6 Å². The largest absolute Gasteiger partial charge is 0.348 e. The summed E-state index contributed by atoms with van der Waals surface area (Å²) in [5.74, 6) is 0.989. The van der Waals surface area contributed by atoms with Crippen molar-refractivity contribution in [3.8, 4) is 0 Å². The van der Waals surface area contributed by atoms with Gasteiger partial charge in [-0.3, -0.25) is 5.43 Å². The summed E-state index contributed by atoms with van der Waals surface area (Å²) in [5, 5.41) is 4.34. The van der Waals surface area contributed by atoms with Crippen LogP contribution in [0.15, 0.2) is 82.5 Å². The summed E-state index contributed by atoms with van der Waals surface area (Å²) in [7, 11) is 2.02. The maximum absolute atomic E-state index is 14.8. The maximum Gasteiger partial charge on any atom is 0.183 e. The molecule has 0 saturated carbocycles. The Kier molecular flexibility index (Phi) is 7.09. The molecule has 6 heteroatoms. The molecular formula is C24H30FIN4. The Morgan fingerprint density at radius 2 is 2.27 bits per heavy atom. The first-order valence-corrected chi connectivity index (χ1v) is 11.3. The van der Waals surface area contributed by atoms with E-state index in [0.29, 0.717) is 12.0 Å². The number of halogens is 2. The molecule has 0 aromatic carbocycles. The minimum absolute atomic E-state index is 0.203. The van der Waals surface area contributed by atoms with E-state index in [4.69, 9.17) is 0 Å². The fraction of sp³-hybridized carbons (Fsp3) is 0.417. The first-order chi connectivity index (χ1) is 14.2. The standard InChI is InChI=1S/C24H30FIN4/c1-17(13-23-28-27-16-29(23)5)20-10-8-11-21(14-20)30-15-18(2)22(24(4,25)26)12-7-6-9-19(30)3/h6-8,12,15,21,27H,1,3,9,11,13-14,16H2,2,4-5H3/b7-6-,18-15+,22-12+. The van der Waals surface area contributed by atoms with Crippen LogP contribution in [0.5, 0.6) is 0 Å². The van der Waals surface area contributed by atoms with Crippen molar-refractivity contribution in [3.63, 3.8) is 0 Å². The summed E-state index contributed by atoms with van der Waals surface area (Å²) in [4.78, 5) is 4.30. The Bertz CT molecular complexity index is 910. The van der Waals surface area contributed by atoms with E-state index in [1.165, 1.54) is 0 Å². The first-order valence-electron chi connectivity index (χ1n) is 10.2. The number of amidine groups is 1. The van der Waals surface area contributed by atoms with Crippen LogP contribution in [0.4, 0.5) is 4.39 Å². The molecule has 0 amide bonds. The van der Waals surface area contributed by atoms with Crippen LogP contribution in [0.2, 0.25) is 0 Å². The average molecular weight is 520 g/mol. The second-order valence-corrected chi connectivity index (χ2v) is 10.2. The van der Waals surface area contributed by atoms with Crippen molar-refractivity contribution in [2.24, 2.45) is 5.10 Å². The van der Waals surface area contributed by atoms with Gasteiger partial charge in [0.2, 0.25) is 0 Å². The lowest BCUT2D eigenvalue weighted by molar-refractivity contribution is 0.326. The van der Waals surface area contributed by atoms with Gasteiger partial charge in [0.15, 0.2) is 3.68 Å². The average Bonchev–Trinajstić information content (AvgIpc) is 3.11. The van der Waals surface area contributed by atoms with Crippen LogP contribution in [-0.2, 0) is 0 Å². The van der Waals surface area contributed by atoms with Crippen molar-refractivity contribution in [1.29, 1.82) is 0 Å². The highest BCUT2D eigenvalue weighted by molar-refractivity contribution is 14.1. The monoisotopic (exact) mass is 520 g/mol. The molecule has 2 heterocycles. The number of alkyl halides is 2. The minimum Gasteiger partial charge on any atom is -0.348 e. The molecule has 2 unspecified atom stereocenters. The number of nitrogens with one attached hydrogen (secondary N) is 1. The third-order valence-electron chi connectivity index (χ3n) is 5.60. The van der Waals surface area contributed by atoms with Crippen LogP contribution in [-0.4, -0.2) is 39.1 Å². The smallest absolute Gasteiger partial charge is 0.183 e. The number of hydrazone groups is 1. The molecule has 30 heavy (non-hydrogen) atoms. The Morgan fingerprint density at radius 3 is 2.93 bits per heavy atom. The quantitative estimate of drug-likeness (QED) is 0.286. The Morgan fingerprint density at radius 1 is 1.50 bits per heavy atom. The summed E-state index contributed by atoms with van der Waals surface area (Å²) >= 11 is 1.85. The number of rotatable bonds is 5. The zero-order valence-corrected chi connectivity index (χ0v) is 20.2. The van der Waals surface area contributed by atoms with E-state index in [-0.39, 0.29) is 6.04 Å². The molecule has 160 valence electrons. The number of nitrogens with zero attached hydrogens (tertiary/aromatic N) is 3. The third-order valence-corrected chi connectivity index (χ3v) is 6.18.